The summed E-state index contributed by atoms with van der Waals surface area (Å²) in [6.45, 7) is 0.947. The molecule has 7 nitrogen and oxygen atoms in total. The van der Waals surface area contributed by atoms with E-state index in [0.29, 0.717) is 0 Å². The molecule has 2 amide bonds. The van der Waals surface area contributed by atoms with Gasteiger partial charge in [0.1, 0.15) is 0 Å². The highest BCUT2D eigenvalue weighted by molar-refractivity contribution is 6.00. The minimum Gasteiger partial charge on any atom is -0.342 e. The first kappa shape index (κ1) is 20.6. The Kier molecular flexibility index (Phi) is 6.01. The first-order chi connectivity index (χ1) is 12.5. The molecule has 1 atom stereocenters. The van der Waals surface area contributed by atoms with E-state index in [0.717, 1.165) is 21.9 Å². The quantitative estimate of drug-likeness (QED) is 0.424. The lowest BCUT2D eigenvalue weighted by Crippen LogP contribution is -2.39. The van der Waals surface area contributed by atoms with Gasteiger partial charge >= 0.3 is 11.9 Å². The summed E-state index contributed by atoms with van der Waals surface area (Å²) in [6.07, 6.45) is -5.79. The van der Waals surface area contributed by atoms with E-state index in [2.05, 4.69) is 0 Å². The van der Waals surface area contributed by atoms with Crippen LogP contribution in [0.4, 0.5) is 28.9 Å². The molecular formula is C16H17F4N3O4. The number of nitro groups is 1. The monoisotopic (exact) mass is 391 g/mol. The van der Waals surface area contributed by atoms with Gasteiger partial charge in [0.2, 0.25) is 17.6 Å². The average molecular weight is 391 g/mol. The van der Waals surface area contributed by atoms with Gasteiger partial charge in [0.15, 0.2) is 0 Å². The van der Waals surface area contributed by atoms with E-state index in [1.807, 2.05) is 0 Å². The molecule has 2 rings (SSSR count). The average Bonchev–Trinajstić information content (AvgIpc) is 2.96. The number of nitrogens with zero attached hydrogens (tertiary/aromatic N) is 3. The summed E-state index contributed by atoms with van der Waals surface area (Å²) in [5.74, 6) is -3.03. The Bertz CT molecular complexity index is 754. The lowest BCUT2D eigenvalue weighted by molar-refractivity contribution is -0.387. The molecule has 148 valence electrons. The van der Waals surface area contributed by atoms with Crippen LogP contribution >= 0.6 is 0 Å². The summed E-state index contributed by atoms with van der Waals surface area (Å²) >= 11 is 0. The molecule has 0 aliphatic carbocycles. The second-order valence-corrected chi connectivity index (χ2v) is 6.08. The van der Waals surface area contributed by atoms with Crippen molar-refractivity contribution in [2.24, 2.45) is 5.92 Å². The van der Waals surface area contributed by atoms with Crippen molar-refractivity contribution in [2.75, 3.05) is 24.5 Å². The predicted octanol–water partition coefficient (Wildman–Crippen LogP) is 2.89. The third-order valence-corrected chi connectivity index (χ3v) is 4.27. The molecule has 1 aromatic carbocycles. The van der Waals surface area contributed by atoms with Crippen molar-refractivity contribution in [1.82, 2.24) is 4.90 Å². The van der Waals surface area contributed by atoms with Crippen LogP contribution in [0.25, 0.3) is 0 Å². The number of anilines is 1. The smallest absolute Gasteiger partial charge is 0.342 e. The fourth-order valence-electron chi connectivity index (χ4n) is 2.88. The largest absolute Gasteiger partial charge is 0.390 e. The molecule has 11 heteroatoms. The zero-order valence-corrected chi connectivity index (χ0v) is 14.3. The van der Waals surface area contributed by atoms with Gasteiger partial charge in [0.05, 0.1) is 22.9 Å². The number of carbonyl (C=O) groups excluding carboxylic acids is 2. The van der Waals surface area contributed by atoms with Crippen LogP contribution in [-0.2, 0) is 9.59 Å². The Balaban J connectivity index is 2.13. The minimum absolute atomic E-state index is 0.0572. The lowest BCUT2D eigenvalue weighted by atomic mass is 10.1. The second kappa shape index (κ2) is 7.89. The van der Waals surface area contributed by atoms with Crippen LogP contribution in [0.2, 0.25) is 0 Å². The van der Waals surface area contributed by atoms with E-state index in [1.54, 1.807) is 0 Å². The lowest BCUT2D eigenvalue weighted by Gasteiger charge is -2.24. The molecule has 0 saturated carbocycles. The molecule has 0 N–H and O–H groups in total. The highest BCUT2D eigenvalue weighted by Gasteiger charge is 2.38. The summed E-state index contributed by atoms with van der Waals surface area (Å²) in [6, 6.07) is 2.91. The van der Waals surface area contributed by atoms with Crippen molar-refractivity contribution >= 4 is 23.2 Å². The van der Waals surface area contributed by atoms with Gasteiger partial charge in [-0.3, -0.25) is 19.7 Å². The van der Waals surface area contributed by atoms with Gasteiger partial charge in [0, 0.05) is 32.1 Å². The molecule has 1 unspecified atom stereocenters. The van der Waals surface area contributed by atoms with Crippen LogP contribution < -0.4 is 4.90 Å². The van der Waals surface area contributed by atoms with Gasteiger partial charge in [0.25, 0.3) is 0 Å². The highest BCUT2D eigenvalue weighted by Crippen LogP contribution is 2.30. The molecule has 1 saturated heterocycles. The second-order valence-electron chi connectivity index (χ2n) is 6.08. The molecule has 0 radical (unpaired) electrons. The number of halogens is 4. The van der Waals surface area contributed by atoms with Crippen molar-refractivity contribution in [3.05, 3.63) is 34.1 Å². The topological polar surface area (TPSA) is 83.8 Å². The Morgan fingerprint density at radius 3 is 2.63 bits per heavy atom. The SMILES string of the molecule is CCN(CCC(F)(F)F)C(=O)C1CC(=O)N(c2ccc(F)c([N+](=O)[O-])c2)C1. The van der Waals surface area contributed by atoms with Crippen LogP contribution in [0.15, 0.2) is 18.2 Å². The fourth-order valence-corrected chi connectivity index (χ4v) is 2.88. The summed E-state index contributed by atoms with van der Waals surface area (Å²) in [7, 11) is 0. The zero-order valence-electron chi connectivity index (χ0n) is 14.3. The molecule has 0 aromatic heterocycles. The summed E-state index contributed by atoms with van der Waals surface area (Å²) in [5.41, 5.74) is -0.753. The van der Waals surface area contributed by atoms with Crippen LogP contribution in [0.3, 0.4) is 0 Å². The van der Waals surface area contributed by atoms with E-state index in [1.165, 1.54) is 13.0 Å². The molecule has 1 fully saturated rings. The van der Waals surface area contributed by atoms with Crippen molar-refractivity contribution in [2.45, 2.75) is 25.9 Å². The van der Waals surface area contributed by atoms with Crippen LogP contribution in [0.5, 0.6) is 0 Å². The Labute approximate surface area is 151 Å². The first-order valence-electron chi connectivity index (χ1n) is 8.13. The number of alkyl halides is 3. The predicted molar refractivity (Wildman–Crippen MR) is 86.4 cm³/mol. The van der Waals surface area contributed by atoms with Gasteiger partial charge in [-0.05, 0) is 19.1 Å². The highest BCUT2D eigenvalue weighted by atomic mass is 19.4. The molecule has 0 bridgehead atoms. The van der Waals surface area contributed by atoms with Gasteiger partial charge in [-0.25, -0.2) is 0 Å². The van der Waals surface area contributed by atoms with E-state index >= 15 is 0 Å². The number of benzene rings is 1. The van der Waals surface area contributed by atoms with E-state index in [4.69, 9.17) is 0 Å². The number of carbonyl (C=O) groups is 2. The summed E-state index contributed by atoms with van der Waals surface area (Å²) in [4.78, 5) is 36.7. The van der Waals surface area contributed by atoms with Crippen molar-refractivity contribution in [3.8, 4) is 0 Å². The minimum atomic E-state index is -4.40. The maximum atomic E-state index is 13.4. The number of hydrogen-bond donors (Lipinski definition) is 0. The molecule has 1 aromatic rings. The molecule has 1 aliphatic rings. The third kappa shape index (κ3) is 4.92. The van der Waals surface area contributed by atoms with Gasteiger partial charge in [-0.15, -0.1) is 0 Å². The van der Waals surface area contributed by atoms with Gasteiger partial charge in [-0.1, -0.05) is 0 Å². The molecule has 1 aliphatic heterocycles. The number of amides is 2. The maximum absolute atomic E-state index is 13.4. The number of rotatable bonds is 6. The van der Waals surface area contributed by atoms with Gasteiger partial charge < -0.3 is 9.80 Å². The van der Waals surface area contributed by atoms with Crippen LogP contribution in [0, 0.1) is 21.8 Å². The fraction of sp³-hybridized carbons (Fsp3) is 0.500. The summed E-state index contributed by atoms with van der Waals surface area (Å²) in [5, 5.41) is 10.8. The molecule has 1 heterocycles. The Morgan fingerprint density at radius 1 is 1.41 bits per heavy atom. The molecule has 27 heavy (non-hydrogen) atoms. The van der Waals surface area contributed by atoms with E-state index in [9.17, 15) is 37.3 Å². The summed E-state index contributed by atoms with van der Waals surface area (Å²) < 4.78 is 50.6. The van der Waals surface area contributed by atoms with Crippen LogP contribution in [-0.4, -0.2) is 47.4 Å². The zero-order chi connectivity index (χ0) is 20.4. The molecular weight excluding hydrogens is 374 g/mol. The number of nitro benzene ring substituents is 1. The Hall–Kier alpha value is -2.72. The first-order valence-corrected chi connectivity index (χ1v) is 8.13. The van der Waals surface area contributed by atoms with E-state index < -0.39 is 53.3 Å². The van der Waals surface area contributed by atoms with E-state index in [-0.39, 0.29) is 25.2 Å². The van der Waals surface area contributed by atoms with Crippen molar-refractivity contribution in [1.29, 1.82) is 0 Å². The Morgan fingerprint density at radius 2 is 2.07 bits per heavy atom. The normalized spacial score (nSPS) is 17.3. The van der Waals surface area contributed by atoms with Crippen LogP contribution in [0.1, 0.15) is 19.8 Å². The van der Waals surface area contributed by atoms with Gasteiger partial charge in [-0.2, -0.15) is 17.6 Å². The third-order valence-electron chi connectivity index (χ3n) is 4.27. The van der Waals surface area contributed by atoms with Crippen molar-refractivity contribution in [3.63, 3.8) is 0 Å². The van der Waals surface area contributed by atoms with Crippen molar-refractivity contribution < 1.29 is 32.1 Å². The maximum Gasteiger partial charge on any atom is 0.390 e. The molecule has 0 spiro atoms. The number of hydrogen-bond acceptors (Lipinski definition) is 4. The standard InChI is InChI=1S/C16H17F4N3O4/c1-2-21(6-5-16(18,19)20)15(25)10-7-14(24)22(9-10)11-3-4-12(17)13(8-11)23(26)27/h3-4,8,10H,2,5-7,9H2,1H3.